The lowest BCUT2D eigenvalue weighted by atomic mass is 10.1. The molecule has 4 heterocycles. The van der Waals surface area contributed by atoms with Crippen LogP contribution in [0.2, 0.25) is 0 Å². The van der Waals surface area contributed by atoms with Crippen LogP contribution in [0.15, 0.2) is 157 Å². The first-order chi connectivity index (χ1) is 23.7. The third kappa shape index (κ3) is 3.86. The predicted molar refractivity (Wildman–Crippen MR) is 194 cm³/mol. The summed E-state index contributed by atoms with van der Waals surface area (Å²) >= 11 is 0. The minimum absolute atomic E-state index is 0.0337. The van der Waals surface area contributed by atoms with Crippen molar-refractivity contribution >= 4 is 49.0 Å². The molecule has 10 rings (SSSR count). The first-order valence-corrected chi connectivity index (χ1v) is 15.9. The van der Waals surface area contributed by atoms with Gasteiger partial charge in [0.15, 0.2) is 22.9 Å². The molecule has 6 nitrogen and oxygen atoms in total. The van der Waals surface area contributed by atoms with Crippen LogP contribution in [0, 0.1) is 0 Å². The van der Waals surface area contributed by atoms with Gasteiger partial charge in [0.05, 0.1) is 27.8 Å². The van der Waals surface area contributed by atoms with Crippen molar-refractivity contribution in [1.29, 1.82) is 0 Å². The minimum atomic E-state index is 0.0337. The Morgan fingerprint density at radius 1 is 0.438 bits per heavy atom. The van der Waals surface area contributed by atoms with Crippen LogP contribution < -0.4 is 5.43 Å². The van der Waals surface area contributed by atoms with Gasteiger partial charge in [-0.2, -0.15) is 0 Å². The van der Waals surface area contributed by atoms with Crippen LogP contribution in [-0.4, -0.2) is 23.9 Å². The van der Waals surface area contributed by atoms with E-state index in [1.807, 2.05) is 85.1 Å². The van der Waals surface area contributed by atoms with Crippen molar-refractivity contribution in [2.75, 3.05) is 0 Å². The third-order valence-electron chi connectivity index (χ3n) is 9.34. The zero-order chi connectivity index (χ0) is 31.8. The van der Waals surface area contributed by atoms with E-state index < -0.39 is 0 Å². The molecule has 4 aromatic heterocycles. The van der Waals surface area contributed by atoms with Crippen molar-refractivity contribution in [3.63, 3.8) is 0 Å². The van der Waals surface area contributed by atoms with E-state index in [0.717, 1.165) is 71.4 Å². The van der Waals surface area contributed by atoms with E-state index in [2.05, 4.69) is 69.6 Å². The van der Waals surface area contributed by atoms with Gasteiger partial charge in [-0.1, -0.05) is 103 Å². The van der Waals surface area contributed by atoms with Crippen LogP contribution in [0.5, 0.6) is 0 Å². The maximum absolute atomic E-state index is 12.8. The summed E-state index contributed by atoms with van der Waals surface area (Å²) in [6.45, 7) is 0. The number of fused-ring (bicyclic) bond motifs is 6. The molecule has 0 spiro atoms. The Morgan fingerprint density at radius 3 is 1.79 bits per heavy atom. The molecule has 0 saturated heterocycles. The summed E-state index contributed by atoms with van der Waals surface area (Å²) in [6.07, 6.45) is 1.90. The van der Waals surface area contributed by atoms with Crippen LogP contribution in [0.4, 0.5) is 0 Å². The Morgan fingerprint density at radius 2 is 1.02 bits per heavy atom. The fourth-order valence-corrected chi connectivity index (χ4v) is 7.19. The second kappa shape index (κ2) is 10.2. The molecule has 224 valence electrons. The summed E-state index contributed by atoms with van der Waals surface area (Å²) in [7, 11) is 0. The van der Waals surface area contributed by atoms with Gasteiger partial charge in [-0.3, -0.25) is 4.79 Å². The first-order valence-electron chi connectivity index (χ1n) is 15.9. The van der Waals surface area contributed by atoms with Gasteiger partial charge in [0.25, 0.3) is 0 Å². The van der Waals surface area contributed by atoms with E-state index in [4.69, 9.17) is 15.0 Å². The highest BCUT2D eigenvalue weighted by molar-refractivity contribution is 6.20. The Hall–Kier alpha value is -6.66. The largest absolute Gasteiger partial charge is 0.315 e. The van der Waals surface area contributed by atoms with Crippen LogP contribution in [0.3, 0.4) is 0 Å². The van der Waals surface area contributed by atoms with Crippen LogP contribution in [0.1, 0.15) is 0 Å². The van der Waals surface area contributed by atoms with E-state index in [1.54, 1.807) is 6.07 Å². The second-order valence-corrected chi connectivity index (χ2v) is 12.0. The van der Waals surface area contributed by atoms with Crippen molar-refractivity contribution in [2.45, 2.75) is 0 Å². The van der Waals surface area contributed by atoms with Gasteiger partial charge < -0.3 is 8.97 Å². The lowest BCUT2D eigenvalue weighted by Gasteiger charge is -2.14. The molecule has 0 aliphatic heterocycles. The van der Waals surface area contributed by atoms with Gasteiger partial charge in [-0.25, -0.2) is 15.0 Å². The van der Waals surface area contributed by atoms with E-state index >= 15 is 0 Å². The van der Waals surface area contributed by atoms with Crippen LogP contribution in [-0.2, 0) is 0 Å². The topological polar surface area (TPSA) is 65.1 Å². The highest BCUT2D eigenvalue weighted by Gasteiger charge is 2.21. The number of benzene rings is 6. The molecule has 0 aliphatic carbocycles. The molecule has 0 bridgehead atoms. The van der Waals surface area contributed by atoms with Crippen molar-refractivity contribution < 1.29 is 0 Å². The van der Waals surface area contributed by atoms with Crippen molar-refractivity contribution in [2.24, 2.45) is 0 Å². The lowest BCUT2D eigenvalue weighted by Crippen LogP contribution is -2.03. The first kappa shape index (κ1) is 26.5. The van der Waals surface area contributed by atoms with E-state index in [-0.39, 0.29) is 5.43 Å². The molecule has 0 amide bonds. The molecular weight excluding hydrogens is 590 g/mol. The quantitative estimate of drug-likeness (QED) is 0.198. The fraction of sp³-hybridized carbons (Fsp3) is 0. The SMILES string of the molecule is O=c1ccn2c3cc4c5ccccc5n(-c5ccccc5-c5nc(-c6ccccc6)nc(-c6ccccc6)n5)c4cc3c3cccc1c32. The third-order valence-corrected chi connectivity index (χ3v) is 9.34. The fourth-order valence-electron chi connectivity index (χ4n) is 7.19. The van der Waals surface area contributed by atoms with Crippen LogP contribution >= 0.6 is 0 Å². The van der Waals surface area contributed by atoms with Gasteiger partial charge in [-0.15, -0.1) is 0 Å². The number of rotatable bonds is 4. The zero-order valence-electron chi connectivity index (χ0n) is 25.6. The van der Waals surface area contributed by atoms with Crippen molar-refractivity contribution in [3.05, 3.63) is 162 Å². The summed E-state index contributed by atoms with van der Waals surface area (Å²) in [5, 5.41) is 5.16. The van der Waals surface area contributed by atoms with Gasteiger partial charge in [0.1, 0.15) is 0 Å². The minimum Gasteiger partial charge on any atom is -0.315 e. The van der Waals surface area contributed by atoms with E-state index in [0.29, 0.717) is 17.5 Å². The second-order valence-electron chi connectivity index (χ2n) is 12.0. The Kier molecular flexibility index (Phi) is 5.63. The van der Waals surface area contributed by atoms with Crippen molar-refractivity contribution in [3.8, 4) is 39.9 Å². The maximum Gasteiger partial charge on any atom is 0.189 e. The molecule has 6 heteroatoms. The molecule has 0 unspecified atom stereocenters. The van der Waals surface area contributed by atoms with Crippen molar-refractivity contribution in [1.82, 2.24) is 23.9 Å². The summed E-state index contributed by atoms with van der Waals surface area (Å²) in [6, 6.07) is 49.1. The smallest absolute Gasteiger partial charge is 0.189 e. The zero-order valence-corrected chi connectivity index (χ0v) is 25.6. The number of nitrogens with zero attached hydrogens (tertiary/aromatic N) is 5. The van der Waals surface area contributed by atoms with Gasteiger partial charge in [0, 0.05) is 55.9 Å². The molecule has 0 fully saturated rings. The Labute approximate surface area is 274 Å². The lowest BCUT2D eigenvalue weighted by molar-refractivity contribution is 1.06. The maximum atomic E-state index is 12.8. The van der Waals surface area contributed by atoms with Gasteiger partial charge in [-0.05, 0) is 36.4 Å². The average molecular weight is 616 g/mol. The summed E-state index contributed by atoms with van der Waals surface area (Å²) in [5.41, 5.74) is 7.93. The van der Waals surface area contributed by atoms with E-state index in [1.165, 1.54) is 0 Å². The summed E-state index contributed by atoms with van der Waals surface area (Å²) in [4.78, 5) is 27.9. The molecule has 0 N–H and O–H groups in total. The summed E-state index contributed by atoms with van der Waals surface area (Å²) in [5.74, 6) is 1.84. The number of aromatic nitrogens is 5. The van der Waals surface area contributed by atoms with Gasteiger partial charge in [0.2, 0.25) is 0 Å². The Balaban J connectivity index is 1.29. The molecule has 0 atom stereocenters. The molecule has 6 aromatic carbocycles. The molecular formula is C42H25N5O. The molecule has 48 heavy (non-hydrogen) atoms. The van der Waals surface area contributed by atoms with Crippen LogP contribution in [0.25, 0.3) is 88.8 Å². The highest BCUT2D eigenvalue weighted by Crippen LogP contribution is 2.40. The molecule has 10 aromatic rings. The standard InChI is InChI=1S/C42H25N5O/c48-38-22-23-46-36-24-32-28-16-7-9-20-34(28)47(37(32)25-33(36)29-18-11-19-31(38)39(29)46)35-21-10-8-17-30(35)42-44-40(26-12-3-1-4-13-26)43-41(45-42)27-14-5-2-6-15-27/h1-25H. The number of para-hydroxylation sites is 3. The van der Waals surface area contributed by atoms with E-state index in [9.17, 15) is 4.79 Å². The number of hydrogen-bond acceptors (Lipinski definition) is 4. The average Bonchev–Trinajstić information content (AvgIpc) is 3.65. The molecule has 0 radical (unpaired) electrons. The molecule has 0 aliphatic rings. The van der Waals surface area contributed by atoms with Gasteiger partial charge >= 0.3 is 0 Å². The highest BCUT2D eigenvalue weighted by atomic mass is 16.1. The summed E-state index contributed by atoms with van der Waals surface area (Å²) < 4.78 is 4.48. The Bertz CT molecular complexity index is 2850. The number of pyridine rings is 1. The predicted octanol–water partition coefficient (Wildman–Crippen LogP) is 9.33. The number of hydrogen-bond donors (Lipinski definition) is 0. The monoisotopic (exact) mass is 615 g/mol. The normalized spacial score (nSPS) is 11.8. The molecule has 0 saturated carbocycles.